The van der Waals surface area contributed by atoms with E-state index in [-0.39, 0.29) is 42.0 Å². The number of amides is 1. The fourth-order valence-electron chi connectivity index (χ4n) is 2.93. The van der Waals surface area contributed by atoms with Gasteiger partial charge in [0.25, 0.3) is 10.2 Å². The molecule has 0 bridgehead atoms. The maximum atomic E-state index is 13.9. The Morgan fingerprint density at radius 3 is 2.62 bits per heavy atom. The molecule has 0 spiro atoms. The summed E-state index contributed by atoms with van der Waals surface area (Å²) in [6, 6.07) is 4.26. The summed E-state index contributed by atoms with van der Waals surface area (Å²) in [5, 5.41) is 3.04. The molecule has 6 nitrogen and oxygen atoms in total. The molecular weight excluding hydrogens is 381 g/mol. The second kappa shape index (κ2) is 9.12. The summed E-state index contributed by atoms with van der Waals surface area (Å²) in [6.07, 6.45) is 1.81. The van der Waals surface area contributed by atoms with Crippen LogP contribution in [0.15, 0.2) is 18.2 Å². The van der Waals surface area contributed by atoms with Crippen molar-refractivity contribution in [2.45, 2.75) is 32.7 Å². The molecule has 0 unspecified atom stereocenters. The lowest BCUT2D eigenvalue weighted by molar-refractivity contribution is -0.126. The molecule has 1 aliphatic heterocycles. The summed E-state index contributed by atoms with van der Waals surface area (Å²) in [7, 11) is -2.35. The normalized spacial score (nSPS) is 16.8. The minimum atomic E-state index is -3.75. The number of hydrogen-bond donors (Lipinski definition) is 1. The first-order chi connectivity index (χ1) is 12.3. The first-order valence-corrected chi connectivity index (χ1v) is 10.5. The van der Waals surface area contributed by atoms with Gasteiger partial charge in [-0.15, -0.1) is 0 Å². The highest BCUT2D eigenvalue weighted by atomic mass is 35.5. The largest absolute Gasteiger partial charge is 0.356 e. The minimum absolute atomic E-state index is 0.0182. The predicted octanol–water partition coefficient (Wildman–Crippen LogP) is 2.39. The quantitative estimate of drug-likeness (QED) is 0.757. The number of halogens is 2. The van der Waals surface area contributed by atoms with Gasteiger partial charge in [0.15, 0.2) is 0 Å². The zero-order valence-electron chi connectivity index (χ0n) is 15.0. The highest BCUT2D eigenvalue weighted by Gasteiger charge is 2.33. The number of benzene rings is 1. The zero-order chi connectivity index (χ0) is 19.3. The first-order valence-electron chi connectivity index (χ1n) is 8.69. The van der Waals surface area contributed by atoms with Gasteiger partial charge in [0.1, 0.15) is 5.82 Å². The van der Waals surface area contributed by atoms with Crippen LogP contribution in [0.3, 0.4) is 0 Å². The van der Waals surface area contributed by atoms with Crippen molar-refractivity contribution < 1.29 is 17.6 Å². The third kappa shape index (κ3) is 4.94. The van der Waals surface area contributed by atoms with Crippen LogP contribution in [0.1, 0.15) is 31.7 Å². The fourth-order valence-corrected chi connectivity index (χ4v) is 4.51. The maximum absolute atomic E-state index is 13.9. The Balaban J connectivity index is 1.99. The number of nitrogens with one attached hydrogen (secondary N) is 1. The van der Waals surface area contributed by atoms with E-state index in [4.69, 9.17) is 11.6 Å². The number of piperidine rings is 1. The molecule has 1 aromatic carbocycles. The van der Waals surface area contributed by atoms with E-state index in [1.807, 2.05) is 6.92 Å². The Bertz CT molecular complexity index is 717. The Morgan fingerprint density at radius 1 is 1.38 bits per heavy atom. The van der Waals surface area contributed by atoms with E-state index in [2.05, 4.69) is 5.32 Å². The molecule has 1 amide bonds. The molecule has 2 rings (SSSR count). The van der Waals surface area contributed by atoms with Crippen molar-refractivity contribution in [1.82, 2.24) is 13.9 Å². The van der Waals surface area contributed by atoms with Crippen molar-refractivity contribution in [3.8, 4) is 0 Å². The lowest BCUT2D eigenvalue weighted by Gasteiger charge is -2.33. The molecule has 1 heterocycles. The van der Waals surface area contributed by atoms with Crippen LogP contribution in [0.5, 0.6) is 0 Å². The molecule has 0 aliphatic carbocycles. The summed E-state index contributed by atoms with van der Waals surface area (Å²) in [5.41, 5.74) is 0.147. The van der Waals surface area contributed by atoms with Crippen molar-refractivity contribution in [1.29, 1.82) is 0 Å². The minimum Gasteiger partial charge on any atom is -0.356 e. The van der Waals surface area contributed by atoms with E-state index < -0.39 is 16.0 Å². The predicted molar refractivity (Wildman–Crippen MR) is 99.4 cm³/mol. The number of hydrogen-bond acceptors (Lipinski definition) is 3. The molecule has 9 heteroatoms. The van der Waals surface area contributed by atoms with Gasteiger partial charge in [0.05, 0.1) is 0 Å². The Morgan fingerprint density at radius 2 is 2.04 bits per heavy atom. The molecule has 1 N–H and O–H groups in total. The van der Waals surface area contributed by atoms with Crippen LogP contribution in [0, 0.1) is 11.7 Å². The van der Waals surface area contributed by atoms with Crippen molar-refractivity contribution in [3.63, 3.8) is 0 Å². The third-order valence-electron chi connectivity index (χ3n) is 4.54. The van der Waals surface area contributed by atoms with Gasteiger partial charge >= 0.3 is 0 Å². The van der Waals surface area contributed by atoms with Crippen LogP contribution in [0.4, 0.5) is 4.39 Å². The molecule has 0 saturated carbocycles. The highest BCUT2D eigenvalue weighted by molar-refractivity contribution is 7.86. The number of carbonyl (C=O) groups excluding carboxylic acids is 1. The molecule has 1 aliphatic rings. The van der Waals surface area contributed by atoms with E-state index in [0.717, 1.165) is 10.7 Å². The lowest BCUT2D eigenvalue weighted by Crippen LogP contribution is -2.47. The van der Waals surface area contributed by atoms with Gasteiger partial charge in [-0.2, -0.15) is 17.0 Å². The summed E-state index contributed by atoms with van der Waals surface area (Å²) in [5.74, 6) is -0.722. The Labute approximate surface area is 159 Å². The SMILES string of the molecule is CCCNC(=O)C1CCN(S(=O)(=O)N(C)Cc2c(F)cccc2Cl)CC1. The van der Waals surface area contributed by atoms with Gasteiger partial charge < -0.3 is 5.32 Å². The van der Waals surface area contributed by atoms with Crippen molar-refractivity contribution >= 4 is 27.7 Å². The van der Waals surface area contributed by atoms with E-state index in [1.165, 1.54) is 29.6 Å². The first kappa shape index (κ1) is 21.1. The van der Waals surface area contributed by atoms with Gasteiger partial charge in [-0.1, -0.05) is 24.6 Å². The highest BCUT2D eigenvalue weighted by Crippen LogP contribution is 2.25. The molecule has 1 fully saturated rings. The molecule has 1 aromatic rings. The van der Waals surface area contributed by atoms with Crippen LogP contribution >= 0.6 is 11.6 Å². The molecule has 26 heavy (non-hydrogen) atoms. The number of nitrogens with zero attached hydrogens (tertiary/aromatic N) is 2. The monoisotopic (exact) mass is 405 g/mol. The average Bonchev–Trinajstić information content (AvgIpc) is 2.62. The summed E-state index contributed by atoms with van der Waals surface area (Å²) in [6.45, 7) is 2.99. The van der Waals surface area contributed by atoms with Gasteiger partial charge in [0, 0.05) is 49.7 Å². The summed E-state index contributed by atoms with van der Waals surface area (Å²) in [4.78, 5) is 12.0. The van der Waals surface area contributed by atoms with Gasteiger partial charge in [-0.05, 0) is 31.4 Å². The van der Waals surface area contributed by atoms with Crippen molar-refractivity contribution in [2.24, 2.45) is 5.92 Å². The van der Waals surface area contributed by atoms with E-state index in [0.29, 0.717) is 19.4 Å². The van der Waals surface area contributed by atoms with Crippen molar-refractivity contribution in [2.75, 3.05) is 26.7 Å². The number of rotatable bonds is 7. The maximum Gasteiger partial charge on any atom is 0.282 e. The van der Waals surface area contributed by atoms with Gasteiger partial charge in [-0.25, -0.2) is 4.39 Å². The van der Waals surface area contributed by atoms with E-state index in [1.54, 1.807) is 0 Å². The molecule has 1 saturated heterocycles. The molecular formula is C17H25ClFN3O3S. The molecule has 0 aromatic heterocycles. The van der Waals surface area contributed by atoms with E-state index in [9.17, 15) is 17.6 Å². The molecule has 0 atom stereocenters. The second-order valence-electron chi connectivity index (χ2n) is 6.43. The smallest absolute Gasteiger partial charge is 0.282 e. The summed E-state index contributed by atoms with van der Waals surface area (Å²) < 4.78 is 41.8. The second-order valence-corrected chi connectivity index (χ2v) is 8.87. The topological polar surface area (TPSA) is 69.7 Å². The lowest BCUT2D eigenvalue weighted by atomic mass is 9.97. The Kier molecular flexibility index (Phi) is 7.40. The summed E-state index contributed by atoms with van der Waals surface area (Å²) >= 11 is 5.99. The fraction of sp³-hybridized carbons (Fsp3) is 0.588. The molecule has 0 radical (unpaired) electrons. The third-order valence-corrected chi connectivity index (χ3v) is 6.83. The van der Waals surface area contributed by atoms with Crippen LogP contribution in [0.25, 0.3) is 0 Å². The van der Waals surface area contributed by atoms with Gasteiger partial charge in [0.2, 0.25) is 5.91 Å². The molecule has 146 valence electrons. The van der Waals surface area contributed by atoms with Crippen LogP contribution in [0.2, 0.25) is 5.02 Å². The standard InChI is InChI=1S/C17H25ClFN3O3S/c1-3-9-20-17(23)13-7-10-22(11-8-13)26(24,25)21(2)12-14-15(18)5-4-6-16(14)19/h4-6,13H,3,7-12H2,1-2H3,(H,20,23). The van der Waals surface area contributed by atoms with Crippen LogP contribution in [-0.2, 0) is 21.5 Å². The van der Waals surface area contributed by atoms with E-state index >= 15 is 0 Å². The Hall–Kier alpha value is -1.22. The number of carbonyl (C=O) groups is 1. The van der Waals surface area contributed by atoms with Gasteiger partial charge in [-0.3, -0.25) is 4.79 Å². The van der Waals surface area contributed by atoms with Crippen molar-refractivity contribution in [3.05, 3.63) is 34.6 Å². The average molecular weight is 406 g/mol. The van der Waals surface area contributed by atoms with Crippen LogP contribution in [-0.4, -0.2) is 49.6 Å². The zero-order valence-corrected chi connectivity index (χ0v) is 16.6. The van der Waals surface area contributed by atoms with Crippen LogP contribution < -0.4 is 5.32 Å².